The van der Waals surface area contributed by atoms with Gasteiger partial charge in [-0.25, -0.2) is 4.98 Å². The molecule has 1 heterocycles. The van der Waals surface area contributed by atoms with Crippen molar-refractivity contribution >= 4 is 0 Å². The molecule has 1 fully saturated rings. The summed E-state index contributed by atoms with van der Waals surface area (Å²) < 4.78 is 5.90. The molecule has 0 radical (unpaired) electrons. The number of hydrogen-bond donors (Lipinski definition) is 1. The van der Waals surface area contributed by atoms with Crippen molar-refractivity contribution in [2.75, 3.05) is 0 Å². The van der Waals surface area contributed by atoms with Crippen molar-refractivity contribution in [1.82, 2.24) is 9.97 Å². The molecule has 1 saturated carbocycles. The number of nitrogens with zero attached hydrogens (tertiary/aromatic N) is 2. The first-order valence-electron chi connectivity index (χ1n) is 6.42. The zero-order valence-electron chi connectivity index (χ0n) is 10.3. The van der Waals surface area contributed by atoms with E-state index in [1.165, 1.54) is 19.3 Å². The van der Waals surface area contributed by atoms with Gasteiger partial charge in [0, 0.05) is 0 Å². The molecule has 0 amide bonds. The second-order valence-electron chi connectivity index (χ2n) is 4.61. The van der Waals surface area contributed by atoms with Gasteiger partial charge in [-0.3, -0.25) is 4.98 Å². The van der Waals surface area contributed by atoms with Gasteiger partial charge in [0.25, 0.3) is 0 Å². The Morgan fingerprint density at radius 1 is 1.29 bits per heavy atom. The number of aromatic nitrogens is 2. The molecule has 94 valence electrons. The third-order valence-electron chi connectivity index (χ3n) is 3.48. The van der Waals surface area contributed by atoms with Crippen molar-refractivity contribution < 1.29 is 9.84 Å². The Kier molecular flexibility index (Phi) is 4.31. The monoisotopic (exact) mass is 236 g/mol. The maximum atomic E-state index is 8.89. The lowest BCUT2D eigenvalue weighted by Gasteiger charge is -2.30. The van der Waals surface area contributed by atoms with Crippen molar-refractivity contribution in [3.05, 3.63) is 18.1 Å². The van der Waals surface area contributed by atoms with Crippen LogP contribution in [-0.2, 0) is 6.61 Å². The first-order chi connectivity index (χ1) is 8.33. The second-order valence-corrected chi connectivity index (χ2v) is 4.61. The molecule has 2 unspecified atom stereocenters. The fraction of sp³-hybridized carbons (Fsp3) is 0.692. The van der Waals surface area contributed by atoms with Crippen molar-refractivity contribution in [3.63, 3.8) is 0 Å². The topological polar surface area (TPSA) is 55.2 Å². The quantitative estimate of drug-likeness (QED) is 0.871. The molecule has 1 aromatic rings. The lowest BCUT2D eigenvalue weighted by Crippen LogP contribution is -2.30. The molecule has 1 aliphatic rings. The molecule has 0 aliphatic heterocycles. The van der Waals surface area contributed by atoms with Crippen molar-refractivity contribution in [3.8, 4) is 5.88 Å². The number of aliphatic hydroxyl groups excluding tert-OH is 1. The molecule has 0 spiro atoms. The van der Waals surface area contributed by atoms with Crippen molar-refractivity contribution in [1.29, 1.82) is 0 Å². The highest BCUT2D eigenvalue weighted by molar-refractivity contribution is 5.07. The zero-order valence-corrected chi connectivity index (χ0v) is 10.3. The Morgan fingerprint density at radius 3 is 2.76 bits per heavy atom. The molecule has 1 aromatic heterocycles. The summed E-state index contributed by atoms with van der Waals surface area (Å²) in [6.07, 6.45) is 9.53. The molecular formula is C13H20N2O2. The van der Waals surface area contributed by atoms with Crippen LogP contribution in [0.15, 0.2) is 12.4 Å². The summed E-state index contributed by atoms with van der Waals surface area (Å²) in [4.78, 5) is 8.24. The highest BCUT2D eigenvalue weighted by atomic mass is 16.5. The van der Waals surface area contributed by atoms with Gasteiger partial charge in [0.1, 0.15) is 6.10 Å². The van der Waals surface area contributed by atoms with E-state index in [-0.39, 0.29) is 12.7 Å². The standard InChI is InChI=1S/C13H20N2O2/c1-2-10-5-3-4-6-12(10)17-13-8-14-11(9-16)7-15-13/h7-8,10,12,16H,2-6,9H2,1H3. The third kappa shape index (κ3) is 3.16. The van der Waals surface area contributed by atoms with Gasteiger partial charge < -0.3 is 9.84 Å². The van der Waals surface area contributed by atoms with Crippen LogP contribution in [0.5, 0.6) is 5.88 Å². The first kappa shape index (κ1) is 12.3. The molecule has 2 rings (SSSR count). The Hall–Kier alpha value is -1.16. The van der Waals surface area contributed by atoms with Crippen molar-refractivity contribution in [2.24, 2.45) is 5.92 Å². The summed E-state index contributed by atoms with van der Waals surface area (Å²) >= 11 is 0. The smallest absolute Gasteiger partial charge is 0.232 e. The predicted octanol–water partition coefficient (Wildman–Crippen LogP) is 2.32. The van der Waals surface area contributed by atoms with E-state index in [1.54, 1.807) is 12.4 Å². The van der Waals surface area contributed by atoms with Crippen LogP contribution < -0.4 is 4.74 Å². The van der Waals surface area contributed by atoms with Gasteiger partial charge in [0.2, 0.25) is 5.88 Å². The van der Waals surface area contributed by atoms with Crippen LogP contribution in [0.4, 0.5) is 0 Å². The molecule has 0 aromatic carbocycles. The van der Waals surface area contributed by atoms with E-state index in [0.717, 1.165) is 12.8 Å². The van der Waals surface area contributed by atoms with Crippen molar-refractivity contribution in [2.45, 2.75) is 51.7 Å². The average Bonchev–Trinajstić information content (AvgIpc) is 2.40. The number of hydrogen-bond acceptors (Lipinski definition) is 4. The predicted molar refractivity (Wildman–Crippen MR) is 64.6 cm³/mol. The minimum absolute atomic E-state index is 0.0751. The first-order valence-corrected chi connectivity index (χ1v) is 6.42. The maximum Gasteiger partial charge on any atom is 0.232 e. The summed E-state index contributed by atoms with van der Waals surface area (Å²) in [6.45, 7) is 2.14. The van der Waals surface area contributed by atoms with Crippen LogP contribution in [0, 0.1) is 5.92 Å². The second kappa shape index (κ2) is 5.96. The largest absolute Gasteiger partial charge is 0.473 e. The van der Waals surface area contributed by atoms with E-state index in [4.69, 9.17) is 9.84 Å². The van der Waals surface area contributed by atoms with E-state index in [9.17, 15) is 0 Å². The van der Waals surface area contributed by atoms with Gasteiger partial charge in [-0.05, 0) is 31.6 Å². The van der Waals surface area contributed by atoms with Crippen LogP contribution in [0.1, 0.15) is 44.7 Å². The number of aliphatic hydroxyl groups is 1. The zero-order chi connectivity index (χ0) is 12.1. The van der Waals surface area contributed by atoms with Crippen LogP contribution in [-0.4, -0.2) is 21.2 Å². The minimum atomic E-state index is -0.0751. The fourth-order valence-electron chi connectivity index (χ4n) is 2.44. The summed E-state index contributed by atoms with van der Waals surface area (Å²) in [5.74, 6) is 1.22. The molecular weight excluding hydrogens is 216 g/mol. The summed E-state index contributed by atoms with van der Waals surface area (Å²) in [6, 6.07) is 0. The number of ether oxygens (including phenoxy) is 1. The molecule has 1 aliphatic carbocycles. The van der Waals surface area contributed by atoms with Gasteiger partial charge in [0.05, 0.1) is 24.7 Å². The van der Waals surface area contributed by atoms with Crippen LogP contribution >= 0.6 is 0 Å². The molecule has 2 atom stereocenters. The summed E-state index contributed by atoms with van der Waals surface area (Å²) in [7, 11) is 0. The minimum Gasteiger partial charge on any atom is -0.473 e. The Morgan fingerprint density at radius 2 is 2.12 bits per heavy atom. The molecule has 0 saturated heterocycles. The summed E-state index contributed by atoms with van der Waals surface area (Å²) in [5.41, 5.74) is 0.577. The molecule has 1 N–H and O–H groups in total. The van der Waals surface area contributed by atoms with Gasteiger partial charge in [-0.15, -0.1) is 0 Å². The van der Waals surface area contributed by atoms with Gasteiger partial charge in [-0.2, -0.15) is 0 Å². The summed E-state index contributed by atoms with van der Waals surface area (Å²) in [5, 5.41) is 8.89. The Balaban J connectivity index is 1.98. The SMILES string of the molecule is CCC1CCCCC1Oc1cnc(CO)cn1. The van der Waals surface area contributed by atoms with E-state index < -0.39 is 0 Å². The highest BCUT2D eigenvalue weighted by Crippen LogP contribution is 2.29. The average molecular weight is 236 g/mol. The van der Waals surface area contributed by atoms with Crippen LogP contribution in [0.2, 0.25) is 0 Å². The Labute approximate surface area is 102 Å². The van der Waals surface area contributed by atoms with Crippen LogP contribution in [0.25, 0.3) is 0 Å². The molecule has 4 nitrogen and oxygen atoms in total. The van der Waals surface area contributed by atoms with Gasteiger partial charge in [-0.1, -0.05) is 13.3 Å². The van der Waals surface area contributed by atoms with E-state index in [0.29, 0.717) is 17.5 Å². The molecule has 0 bridgehead atoms. The van der Waals surface area contributed by atoms with E-state index >= 15 is 0 Å². The van der Waals surface area contributed by atoms with E-state index in [2.05, 4.69) is 16.9 Å². The highest BCUT2D eigenvalue weighted by Gasteiger charge is 2.25. The lowest BCUT2D eigenvalue weighted by atomic mass is 9.85. The number of rotatable bonds is 4. The fourth-order valence-corrected chi connectivity index (χ4v) is 2.44. The van der Waals surface area contributed by atoms with E-state index in [1.807, 2.05) is 0 Å². The maximum absolute atomic E-state index is 8.89. The lowest BCUT2D eigenvalue weighted by molar-refractivity contribution is 0.0852. The van der Waals surface area contributed by atoms with Gasteiger partial charge >= 0.3 is 0 Å². The van der Waals surface area contributed by atoms with Gasteiger partial charge in [0.15, 0.2) is 0 Å². The molecule has 17 heavy (non-hydrogen) atoms. The normalized spacial score (nSPS) is 24.6. The Bertz CT molecular complexity index is 340. The van der Waals surface area contributed by atoms with Crippen LogP contribution in [0.3, 0.4) is 0 Å². The third-order valence-corrected chi connectivity index (χ3v) is 3.48. The molecule has 4 heteroatoms.